The number of para-hydroxylation sites is 2. The Morgan fingerprint density at radius 3 is 1.69 bits per heavy atom. The number of amides is 2. The monoisotopic (exact) mass is 385 g/mol. The predicted molar refractivity (Wildman–Crippen MR) is 105 cm³/mol. The molecule has 29 heavy (non-hydrogen) atoms. The number of nitrogens with zero attached hydrogens (tertiary/aromatic N) is 1. The van der Waals surface area contributed by atoms with E-state index in [0.29, 0.717) is 16.2 Å². The summed E-state index contributed by atoms with van der Waals surface area (Å²) >= 11 is 0. The minimum atomic E-state index is -0.699. The fraction of sp³-hybridized carbons (Fsp3) is 0.0435. The lowest BCUT2D eigenvalue weighted by Gasteiger charge is -2.12. The van der Waals surface area contributed by atoms with Crippen molar-refractivity contribution in [1.82, 2.24) is 5.06 Å². The van der Waals surface area contributed by atoms with E-state index >= 15 is 0 Å². The molecule has 1 aromatic heterocycles. The number of rotatable bonds is 3. The van der Waals surface area contributed by atoms with Gasteiger partial charge in [-0.15, -0.1) is 5.06 Å². The molecule has 0 radical (unpaired) electrons. The SMILES string of the molecule is O=C1c2oc3ccccc3c3ccccc3oc2C(=O)N1OCc1ccccc1. The standard InChI is InChI=1S/C23H15NO5/c25-22-20-21(23(26)24(22)27-14-15-8-2-1-3-9-15)29-19-13-7-5-11-17(19)16-10-4-6-12-18(16)28-20/h1-13H,14H2. The Hall–Kier alpha value is -3.90. The Morgan fingerprint density at radius 2 is 1.14 bits per heavy atom. The molecule has 2 amide bonds. The summed E-state index contributed by atoms with van der Waals surface area (Å²) in [6, 6.07) is 23.8. The average Bonchev–Trinajstić information content (AvgIpc) is 2.96. The van der Waals surface area contributed by atoms with Crippen LogP contribution >= 0.6 is 0 Å². The van der Waals surface area contributed by atoms with Crippen molar-refractivity contribution in [2.24, 2.45) is 0 Å². The van der Waals surface area contributed by atoms with Gasteiger partial charge >= 0.3 is 11.8 Å². The Kier molecular flexibility index (Phi) is 4.11. The molecule has 0 saturated heterocycles. The summed E-state index contributed by atoms with van der Waals surface area (Å²) in [5, 5.41) is 2.21. The van der Waals surface area contributed by atoms with Gasteiger partial charge in [-0.25, -0.2) is 0 Å². The molecule has 6 heteroatoms. The fourth-order valence-corrected chi connectivity index (χ4v) is 3.26. The molecule has 0 saturated carbocycles. The number of hydrogen-bond acceptors (Lipinski definition) is 5. The van der Waals surface area contributed by atoms with Crippen LogP contribution < -0.4 is 0 Å². The van der Waals surface area contributed by atoms with Crippen LogP contribution in [0.25, 0.3) is 21.9 Å². The average molecular weight is 385 g/mol. The van der Waals surface area contributed by atoms with Crippen LogP contribution in [-0.2, 0) is 11.4 Å². The van der Waals surface area contributed by atoms with Crippen LogP contribution in [-0.4, -0.2) is 16.9 Å². The first-order valence-electron chi connectivity index (χ1n) is 9.06. The lowest BCUT2D eigenvalue weighted by atomic mass is 10.1. The van der Waals surface area contributed by atoms with Gasteiger partial charge in [0.1, 0.15) is 17.8 Å². The van der Waals surface area contributed by atoms with E-state index in [1.54, 1.807) is 24.3 Å². The first-order chi connectivity index (χ1) is 14.2. The number of fused-ring (bicyclic) bond motifs is 4. The van der Waals surface area contributed by atoms with Crippen molar-refractivity contribution in [1.29, 1.82) is 0 Å². The summed E-state index contributed by atoms with van der Waals surface area (Å²) in [4.78, 5) is 31.2. The highest BCUT2D eigenvalue weighted by Crippen LogP contribution is 2.30. The highest BCUT2D eigenvalue weighted by molar-refractivity contribution is 6.18. The van der Waals surface area contributed by atoms with Crippen molar-refractivity contribution in [3.8, 4) is 0 Å². The number of hydrogen-bond donors (Lipinski definition) is 0. The van der Waals surface area contributed by atoms with Crippen LogP contribution in [0.5, 0.6) is 0 Å². The summed E-state index contributed by atoms with van der Waals surface area (Å²) in [7, 11) is 0. The zero-order valence-electron chi connectivity index (χ0n) is 15.2. The number of carbonyl (C=O) groups is 2. The van der Waals surface area contributed by atoms with Gasteiger partial charge in [0.25, 0.3) is 0 Å². The maximum atomic E-state index is 12.9. The van der Waals surface area contributed by atoms with Crippen LogP contribution in [0.1, 0.15) is 26.7 Å². The normalized spacial score (nSPS) is 13.2. The fourth-order valence-electron chi connectivity index (χ4n) is 3.26. The Balaban J connectivity index is 1.65. The molecule has 5 rings (SSSR count). The van der Waals surface area contributed by atoms with Gasteiger partial charge in [-0.2, -0.15) is 0 Å². The highest BCUT2D eigenvalue weighted by atomic mass is 16.7. The van der Waals surface area contributed by atoms with Crippen LogP contribution in [0.15, 0.2) is 87.7 Å². The predicted octanol–water partition coefficient (Wildman–Crippen LogP) is 5.03. The van der Waals surface area contributed by atoms with E-state index in [4.69, 9.17) is 13.7 Å². The molecular formula is C23H15NO5. The molecule has 142 valence electrons. The quantitative estimate of drug-likeness (QED) is 0.463. The third kappa shape index (κ3) is 2.96. The zero-order chi connectivity index (χ0) is 19.8. The Morgan fingerprint density at radius 1 is 0.655 bits per heavy atom. The third-order valence-electron chi connectivity index (χ3n) is 4.66. The van der Waals surface area contributed by atoms with E-state index in [2.05, 4.69) is 0 Å². The van der Waals surface area contributed by atoms with Gasteiger partial charge in [0.15, 0.2) is 0 Å². The van der Waals surface area contributed by atoms with Crippen molar-refractivity contribution in [2.45, 2.75) is 6.61 Å². The van der Waals surface area contributed by atoms with E-state index in [-0.39, 0.29) is 18.1 Å². The maximum Gasteiger partial charge on any atom is 0.325 e. The van der Waals surface area contributed by atoms with E-state index in [9.17, 15) is 9.59 Å². The first kappa shape index (κ1) is 17.2. The molecule has 0 fully saturated rings. The molecular weight excluding hydrogens is 370 g/mol. The number of carbonyl (C=O) groups excluding carboxylic acids is 2. The van der Waals surface area contributed by atoms with Crippen LogP contribution in [0.3, 0.4) is 0 Å². The molecule has 0 N–H and O–H groups in total. The van der Waals surface area contributed by atoms with Crippen LogP contribution in [0.2, 0.25) is 0 Å². The molecule has 0 atom stereocenters. The Labute approximate surface area is 165 Å². The minimum Gasteiger partial charge on any atom is -0.447 e. The lowest BCUT2D eigenvalue weighted by molar-refractivity contribution is -0.102. The van der Waals surface area contributed by atoms with Gasteiger partial charge in [-0.05, 0) is 17.7 Å². The summed E-state index contributed by atoms with van der Waals surface area (Å²) in [5.41, 5.74) is 1.74. The van der Waals surface area contributed by atoms with Gasteiger partial charge in [-0.3, -0.25) is 14.4 Å². The van der Waals surface area contributed by atoms with Crippen LogP contribution in [0, 0.1) is 0 Å². The highest BCUT2D eigenvalue weighted by Gasteiger charge is 2.42. The number of imide groups is 1. The van der Waals surface area contributed by atoms with E-state index in [1.807, 2.05) is 54.6 Å². The van der Waals surface area contributed by atoms with E-state index in [0.717, 1.165) is 16.3 Å². The van der Waals surface area contributed by atoms with Crippen molar-refractivity contribution in [3.05, 3.63) is 95.9 Å². The van der Waals surface area contributed by atoms with E-state index < -0.39 is 11.8 Å². The lowest BCUT2D eigenvalue weighted by Crippen LogP contribution is -2.29. The third-order valence-corrected chi connectivity index (χ3v) is 4.66. The van der Waals surface area contributed by atoms with E-state index in [1.165, 1.54) is 0 Å². The van der Waals surface area contributed by atoms with Gasteiger partial charge in [-0.1, -0.05) is 66.7 Å². The van der Waals surface area contributed by atoms with Crippen molar-refractivity contribution >= 4 is 33.8 Å². The molecule has 0 bridgehead atoms. The molecule has 2 heterocycles. The van der Waals surface area contributed by atoms with Gasteiger partial charge in [0, 0.05) is 10.8 Å². The summed E-state index contributed by atoms with van der Waals surface area (Å²) in [6.07, 6.45) is 0. The topological polar surface area (TPSA) is 72.9 Å². The maximum absolute atomic E-state index is 12.9. The zero-order valence-corrected chi connectivity index (χ0v) is 15.2. The van der Waals surface area contributed by atoms with Crippen molar-refractivity contribution in [2.75, 3.05) is 0 Å². The second kappa shape index (κ2) is 6.92. The summed E-state index contributed by atoms with van der Waals surface area (Å²) in [6.45, 7) is 0.0616. The molecule has 1 aliphatic heterocycles. The summed E-state index contributed by atoms with van der Waals surface area (Å²) in [5.74, 6) is -1.78. The second-order valence-corrected chi connectivity index (χ2v) is 6.52. The van der Waals surface area contributed by atoms with Gasteiger partial charge in [0.2, 0.25) is 11.5 Å². The number of benzene rings is 3. The Bertz CT molecular complexity index is 1220. The molecule has 3 aromatic carbocycles. The minimum absolute atomic E-state index is 0.0616. The summed E-state index contributed by atoms with van der Waals surface area (Å²) < 4.78 is 11.7. The second-order valence-electron chi connectivity index (χ2n) is 6.52. The molecule has 0 unspecified atom stereocenters. The van der Waals surface area contributed by atoms with Crippen LogP contribution in [0.4, 0.5) is 0 Å². The molecule has 0 aliphatic carbocycles. The smallest absolute Gasteiger partial charge is 0.325 e. The molecule has 6 nitrogen and oxygen atoms in total. The number of hydroxylamine groups is 2. The molecule has 4 aromatic rings. The van der Waals surface area contributed by atoms with Gasteiger partial charge < -0.3 is 8.83 Å². The molecule has 0 spiro atoms. The van der Waals surface area contributed by atoms with Crippen molar-refractivity contribution < 1.29 is 23.3 Å². The molecule has 1 aliphatic rings. The first-order valence-corrected chi connectivity index (χ1v) is 9.06. The van der Waals surface area contributed by atoms with Gasteiger partial charge in [0.05, 0.1) is 0 Å². The largest absolute Gasteiger partial charge is 0.447 e. The van der Waals surface area contributed by atoms with Crippen molar-refractivity contribution in [3.63, 3.8) is 0 Å².